The van der Waals surface area contributed by atoms with Crippen LogP contribution in [0.4, 0.5) is 0 Å². The lowest BCUT2D eigenvalue weighted by molar-refractivity contribution is 0.0746. The zero-order valence-electron chi connectivity index (χ0n) is 14.7. The largest absolute Gasteiger partial charge is 0.377 e. The van der Waals surface area contributed by atoms with Crippen molar-refractivity contribution in [2.45, 2.75) is 32.4 Å². The van der Waals surface area contributed by atoms with Gasteiger partial charge >= 0.3 is 0 Å². The van der Waals surface area contributed by atoms with Crippen LogP contribution < -0.4 is 0 Å². The number of ether oxygens (including phenoxy) is 1. The van der Waals surface area contributed by atoms with Gasteiger partial charge < -0.3 is 4.74 Å². The van der Waals surface area contributed by atoms with Gasteiger partial charge in [0.15, 0.2) is 0 Å². The first-order valence-electron chi connectivity index (χ1n) is 8.75. The van der Waals surface area contributed by atoms with E-state index in [9.17, 15) is 0 Å². The maximum atomic E-state index is 5.83. The van der Waals surface area contributed by atoms with E-state index in [0.29, 0.717) is 6.10 Å². The van der Waals surface area contributed by atoms with E-state index in [-0.39, 0.29) is 0 Å². The smallest absolute Gasteiger partial charge is 0.0703 e. The summed E-state index contributed by atoms with van der Waals surface area (Å²) in [7, 11) is 1.98. The van der Waals surface area contributed by atoms with Crippen molar-refractivity contribution < 1.29 is 4.74 Å². The minimum atomic E-state index is 0.368. The number of aromatic nitrogens is 2. The monoisotopic (exact) mass is 325 g/mol. The number of nitrogens with zero attached hydrogens (tertiary/aromatic N) is 3. The van der Waals surface area contributed by atoms with Crippen LogP contribution in [0.25, 0.3) is 6.08 Å². The van der Waals surface area contributed by atoms with E-state index in [4.69, 9.17) is 4.74 Å². The van der Waals surface area contributed by atoms with Crippen LogP contribution in [0.2, 0.25) is 0 Å². The maximum absolute atomic E-state index is 5.83. The van der Waals surface area contributed by atoms with E-state index in [1.165, 1.54) is 24.0 Å². The Balaban J connectivity index is 1.64. The van der Waals surface area contributed by atoms with Crippen molar-refractivity contribution in [2.75, 3.05) is 19.7 Å². The van der Waals surface area contributed by atoms with Crippen LogP contribution in [-0.2, 0) is 18.3 Å². The van der Waals surface area contributed by atoms with Crippen LogP contribution in [0, 0.1) is 6.92 Å². The first-order chi connectivity index (χ1) is 11.7. The lowest BCUT2D eigenvalue weighted by Crippen LogP contribution is -2.32. The number of aryl methyl sites for hydroxylation is 2. The summed E-state index contributed by atoms with van der Waals surface area (Å²) < 4.78 is 7.73. The lowest BCUT2D eigenvalue weighted by atomic mass is 10.2. The molecule has 3 rings (SSSR count). The normalized spacial score (nSPS) is 18.0. The Kier molecular flexibility index (Phi) is 5.83. The highest BCUT2D eigenvalue weighted by Gasteiger charge is 2.19. The van der Waals surface area contributed by atoms with Gasteiger partial charge in [0.1, 0.15) is 0 Å². The van der Waals surface area contributed by atoms with E-state index in [1.54, 1.807) is 0 Å². The molecule has 0 amide bonds. The third kappa shape index (κ3) is 4.79. The van der Waals surface area contributed by atoms with Crippen molar-refractivity contribution in [1.82, 2.24) is 14.7 Å². The summed E-state index contributed by atoms with van der Waals surface area (Å²) in [5, 5.41) is 4.46. The Morgan fingerprint density at radius 2 is 2.17 bits per heavy atom. The van der Waals surface area contributed by atoms with Gasteiger partial charge in [-0.15, -0.1) is 0 Å². The molecule has 0 saturated carbocycles. The number of hydrogen-bond acceptors (Lipinski definition) is 3. The molecule has 1 saturated heterocycles. The maximum Gasteiger partial charge on any atom is 0.0703 e. The van der Waals surface area contributed by atoms with E-state index in [0.717, 1.165) is 31.9 Å². The van der Waals surface area contributed by atoms with Crippen molar-refractivity contribution in [3.63, 3.8) is 0 Å². The third-order valence-corrected chi connectivity index (χ3v) is 4.47. The van der Waals surface area contributed by atoms with Gasteiger partial charge in [0.2, 0.25) is 0 Å². The summed E-state index contributed by atoms with van der Waals surface area (Å²) in [6, 6.07) is 10.5. The highest BCUT2D eigenvalue weighted by Crippen LogP contribution is 2.16. The molecule has 0 spiro atoms. The van der Waals surface area contributed by atoms with Crippen LogP contribution >= 0.6 is 0 Å². The average Bonchev–Trinajstić information content (AvgIpc) is 3.18. The predicted octanol–water partition coefficient (Wildman–Crippen LogP) is 3.42. The first kappa shape index (κ1) is 16.9. The molecule has 0 bridgehead atoms. The first-order valence-corrected chi connectivity index (χ1v) is 8.75. The van der Waals surface area contributed by atoms with E-state index in [1.807, 2.05) is 17.8 Å². The van der Waals surface area contributed by atoms with Gasteiger partial charge in [0.05, 0.1) is 11.8 Å². The number of hydrogen-bond donors (Lipinski definition) is 0. The number of rotatable bonds is 7. The van der Waals surface area contributed by atoms with Crippen molar-refractivity contribution in [3.05, 3.63) is 59.4 Å². The van der Waals surface area contributed by atoms with Crippen molar-refractivity contribution in [1.29, 1.82) is 0 Å². The second kappa shape index (κ2) is 8.27. The summed E-state index contributed by atoms with van der Waals surface area (Å²) in [6.07, 6.45) is 9.29. The van der Waals surface area contributed by atoms with E-state index >= 15 is 0 Å². The average molecular weight is 325 g/mol. The molecule has 0 N–H and O–H groups in total. The SMILES string of the molecule is Cc1nn(C)cc1CN(CC=Cc1ccccc1)CC1CCCO1. The minimum absolute atomic E-state index is 0.368. The van der Waals surface area contributed by atoms with Crippen molar-refractivity contribution >= 4 is 6.08 Å². The van der Waals surface area contributed by atoms with Crippen LogP contribution in [0.5, 0.6) is 0 Å². The van der Waals surface area contributed by atoms with Crippen molar-refractivity contribution in [2.24, 2.45) is 7.05 Å². The molecule has 1 aromatic heterocycles. The van der Waals surface area contributed by atoms with Gasteiger partial charge in [-0.2, -0.15) is 5.10 Å². The van der Waals surface area contributed by atoms with Crippen LogP contribution in [-0.4, -0.2) is 40.5 Å². The Morgan fingerprint density at radius 3 is 2.83 bits per heavy atom. The Labute approximate surface area is 144 Å². The highest BCUT2D eigenvalue weighted by molar-refractivity contribution is 5.48. The molecular formula is C20H27N3O. The molecule has 4 nitrogen and oxygen atoms in total. The Hall–Kier alpha value is -1.91. The van der Waals surface area contributed by atoms with Gasteiger partial charge in [0.25, 0.3) is 0 Å². The Morgan fingerprint density at radius 1 is 1.33 bits per heavy atom. The molecule has 24 heavy (non-hydrogen) atoms. The molecule has 2 aromatic rings. The second-order valence-electron chi connectivity index (χ2n) is 6.56. The topological polar surface area (TPSA) is 30.3 Å². The minimum Gasteiger partial charge on any atom is -0.377 e. The van der Waals surface area contributed by atoms with Gasteiger partial charge in [0, 0.05) is 45.0 Å². The summed E-state index contributed by atoms with van der Waals surface area (Å²) >= 11 is 0. The van der Waals surface area contributed by atoms with E-state index < -0.39 is 0 Å². The predicted molar refractivity (Wildman–Crippen MR) is 97.7 cm³/mol. The van der Waals surface area contributed by atoms with E-state index in [2.05, 4.69) is 59.5 Å². The zero-order chi connectivity index (χ0) is 16.8. The summed E-state index contributed by atoms with van der Waals surface area (Å²) in [5.74, 6) is 0. The highest BCUT2D eigenvalue weighted by atomic mass is 16.5. The fourth-order valence-electron chi connectivity index (χ4n) is 3.23. The molecule has 128 valence electrons. The fourth-order valence-corrected chi connectivity index (χ4v) is 3.23. The summed E-state index contributed by atoms with van der Waals surface area (Å²) in [6.45, 7) is 5.80. The number of benzene rings is 1. The molecule has 1 aromatic carbocycles. The van der Waals surface area contributed by atoms with Crippen LogP contribution in [0.3, 0.4) is 0 Å². The Bertz CT molecular complexity index is 657. The zero-order valence-corrected chi connectivity index (χ0v) is 14.7. The molecule has 2 heterocycles. The molecule has 0 radical (unpaired) electrons. The quantitative estimate of drug-likeness (QED) is 0.781. The van der Waals surface area contributed by atoms with Gasteiger partial charge in [-0.25, -0.2) is 0 Å². The van der Waals surface area contributed by atoms with Crippen molar-refractivity contribution in [3.8, 4) is 0 Å². The standard InChI is InChI=1S/C20H27N3O/c1-17-19(14-22(2)21-17)15-23(16-20-11-7-13-24-20)12-6-10-18-8-4-3-5-9-18/h3-6,8-10,14,20H,7,11-13,15-16H2,1-2H3. The second-order valence-corrected chi connectivity index (χ2v) is 6.56. The lowest BCUT2D eigenvalue weighted by Gasteiger charge is -2.23. The molecule has 1 unspecified atom stereocenters. The fraction of sp³-hybridized carbons (Fsp3) is 0.450. The van der Waals surface area contributed by atoms with Crippen LogP contribution in [0.1, 0.15) is 29.7 Å². The van der Waals surface area contributed by atoms with Gasteiger partial charge in [-0.3, -0.25) is 9.58 Å². The molecule has 1 aliphatic rings. The van der Waals surface area contributed by atoms with Crippen LogP contribution in [0.15, 0.2) is 42.6 Å². The van der Waals surface area contributed by atoms with Gasteiger partial charge in [-0.05, 0) is 25.3 Å². The molecule has 1 fully saturated rings. The molecular weight excluding hydrogens is 298 g/mol. The van der Waals surface area contributed by atoms with Gasteiger partial charge in [-0.1, -0.05) is 42.5 Å². The molecule has 1 aliphatic heterocycles. The molecule has 0 aliphatic carbocycles. The third-order valence-electron chi connectivity index (χ3n) is 4.47. The molecule has 4 heteroatoms. The molecule has 1 atom stereocenters. The summed E-state index contributed by atoms with van der Waals surface area (Å²) in [5.41, 5.74) is 3.65. The summed E-state index contributed by atoms with van der Waals surface area (Å²) in [4.78, 5) is 2.46.